The van der Waals surface area contributed by atoms with Crippen molar-refractivity contribution in [3.8, 4) is 11.5 Å². The first-order chi connectivity index (χ1) is 19.9. The molecule has 3 aromatic carbocycles. The lowest BCUT2D eigenvalue weighted by atomic mass is 9.95. The highest BCUT2D eigenvalue weighted by atomic mass is 79.9. The molecule has 9 heteroatoms. The molecule has 1 aromatic heterocycles. The summed E-state index contributed by atoms with van der Waals surface area (Å²) in [5.41, 5.74) is 3.17. The van der Waals surface area contributed by atoms with Crippen molar-refractivity contribution in [2.24, 2.45) is 4.99 Å². The molecular weight excluding hydrogens is 604 g/mol. The van der Waals surface area contributed by atoms with Crippen LogP contribution in [0.2, 0.25) is 0 Å². The summed E-state index contributed by atoms with van der Waals surface area (Å²) in [4.78, 5) is 32.3. The molecule has 0 bridgehead atoms. The Labute approximate surface area is 250 Å². The second kappa shape index (κ2) is 12.7. The van der Waals surface area contributed by atoms with Crippen LogP contribution in [0.3, 0.4) is 0 Å². The number of fused-ring (bicyclic) bond motifs is 1. The summed E-state index contributed by atoms with van der Waals surface area (Å²) in [5, 5.41) is 0. The van der Waals surface area contributed by atoms with Gasteiger partial charge in [0.25, 0.3) is 5.56 Å². The molecule has 0 aliphatic carbocycles. The highest BCUT2D eigenvalue weighted by Crippen LogP contribution is 2.36. The van der Waals surface area contributed by atoms with Gasteiger partial charge in [0.05, 0.1) is 33.5 Å². The zero-order valence-corrected chi connectivity index (χ0v) is 25.3. The summed E-state index contributed by atoms with van der Waals surface area (Å²) >= 11 is 4.88. The van der Waals surface area contributed by atoms with Crippen LogP contribution in [-0.4, -0.2) is 23.8 Å². The molecule has 2 heterocycles. The Morgan fingerprint density at radius 2 is 1.76 bits per heavy atom. The smallest absolute Gasteiger partial charge is 0.338 e. The molecule has 0 amide bonds. The monoisotopic (exact) mass is 632 g/mol. The molecule has 41 heavy (non-hydrogen) atoms. The molecule has 5 rings (SSSR count). The fourth-order valence-electron chi connectivity index (χ4n) is 4.69. The number of hydrogen-bond donors (Lipinski definition) is 0. The Kier molecular flexibility index (Phi) is 8.85. The zero-order valence-electron chi connectivity index (χ0n) is 22.9. The number of allylic oxidation sites excluding steroid dienone is 1. The predicted octanol–water partition coefficient (Wildman–Crippen LogP) is 5.54. The minimum atomic E-state index is -0.740. The van der Waals surface area contributed by atoms with Gasteiger partial charge < -0.3 is 14.2 Å². The maximum absolute atomic E-state index is 13.9. The second-order valence-electron chi connectivity index (χ2n) is 9.24. The Morgan fingerprint density at radius 3 is 2.49 bits per heavy atom. The Morgan fingerprint density at radius 1 is 1.00 bits per heavy atom. The first-order valence-electron chi connectivity index (χ1n) is 13.3. The summed E-state index contributed by atoms with van der Waals surface area (Å²) in [7, 11) is 0. The van der Waals surface area contributed by atoms with Gasteiger partial charge in [0.1, 0.15) is 24.1 Å². The van der Waals surface area contributed by atoms with Crippen molar-refractivity contribution in [1.29, 1.82) is 0 Å². The van der Waals surface area contributed by atoms with E-state index in [2.05, 4.69) is 20.9 Å². The predicted molar refractivity (Wildman–Crippen MR) is 163 cm³/mol. The van der Waals surface area contributed by atoms with Crippen LogP contribution in [0.1, 0.15) is 43.5 Å². The van der Waals surface area contributed by atoms with E-state index in [1.807, 2.05) is 85.8 Å². The third kappa shape index (κ3) is 6.06. The van der Waals surface area contributed by atoms with Crippen molar-refractivity contribution in [2.75, 3.05) is 13.2 Å². The van der Waals surface area contributed by atoms with Gasteiger partial charge in [-0.15, -0.1) is 0 Å². The van der Waals surface area contributed by atoms with E-state index in [0.29, 0.717) is 50.9 Å². The van der Waals surface area contributed by atoms with Crippen LogP contribution in [-0.2, 0) is 16.1 Å². The molecule has 0 fully saturated rings. The Hall–Kier alpha value is -3.95. The number of hydrogen-bond acceptors (Lipinski definition) is 7. The number of halogens is 1. The highest BCUT2D eigenvalue weighted by Gasteiger charge is 2.35. The van der Waals surface area contributed by atoms with Crippen LogP contribution in [0.15, 0.2) is 98.3 Å². The third-order valence-electron chi connectivity index (χ3n) is 6.52. The maximum atomic E-state index is 13.9. The van der Waals surface area contributed by atoms with Crippen molar-refractivity contribution in [3.05, 3.63) is 125 Å². The number of rotatable bonds is 9. The first kappa shape index (κ1) is 28.6. The zero-order chi connectivity index (χ0) is 28.9. The number of carbonyl (C=O) groups is 1. The lowest BCUT2D eigenvalue weighted by Crippen LogP contribution is -2.40. The molecule has 0 N–H and O–H groups in total. The number of benzene rings is 3. The standard InChI is InChI=1S/C32H29BrN2O5S/c1-4-38-25-14-10-9-13-23(25)29-28(31(37)39-5-2)20(3)34-32-35(29)30(36)27(41-32)18-22-15-16-26(24(33)17-22)40-19-21-11-7-6-8-12-21/h6-18,29H,4-5,19H2,1-3H3/b27-18-/t29-/m1/s1. The van der Waals surface area contributed by atoms with Crippen LogP contribution < -0.4 is 24.4 Å². The Balaban J connectivity index is 1.57. The molecule has 0 spiro atoms. The van der Waals surface area contributed by atoms with E-state index in [-0.39, 0.29) is 12.2 Å². The van der Waals surface area contributed by atoms with Crippen molar-refractivity contribution in [3.63, 3.8) is 0 Å². The van der Waals surface area contributed by atoms with Gasteiger partial charge in [-0.1, -0.05) is 65.9 Å². The van der Waals surface area contributed by atoms with E-state index in [0.717, 1.165) is 15.6 Å². The minimum absolute atomic E-state index is 0.208. The molecular formula is C32H29BrN2O5S. The average molecular weight is 634 g/mol. The summed E-state index contributed by atoms with van der Waals surface area (Å²) in [6, 6.07) is 22.3. The number of para-hydroxylation sites is 1. The van der Waals surface area contributed by atoms with Gasteiger partial charge in [-0.25, -0.2) is 9.79 Å². The van der Waals surface area contributed by atoms with Gasteiger partial charge in [-0.3, -0.25) is 9.36 Å². The molecule has 4 aromatic rings. The number of thiazole rings is 1. The molecule has 1 atom stereocenters. The summed E-state index contributed by atoms with van der Waals surface area (Å²) in [6.07, 6.45) is 1.82. The van der Waals surface area contributed by atoms with E-state index in [4.69, 9.17) is 14.2 Å². The summed E-state index contributed by atoms with van der Waals surface area (Å²) < 4.78 is 20.1. The lowest BCUT2D eigenvalue weighted by molar-refractivity contribution is -0.139. The third-order valence-corrected chi connectivity index (χ3v) is 8.12. The normalized spacial score (nSPS) is 14.8. The minimum Gasteiger partial charge on any atom is -0.494 e. The molecule has 0 unspecified atom stereocenters. The summed E-state index contributed by atoms with van der Waals surface area (Å²) in [6.45, 7) is 6.51. The van der Waals surface area contributed by atoms with Gasteiger partial charge in [0.2, 0.25) is 0 Å². The topological polar surface area (TPSA) is 79.1 Å². The number of nitrogens with zero attached hydrogens (tertiary/aromatic N) is 2. The second-order valence-corrected chi connectivity index (χ2v) is 11.1. The Bertz CT molecular complexity index is 1790. The maximum Gasteiger partial charge on any atom is 0.338 e. The van der Waals surface area contributed by atoms with E-state index >= 15 is 0 Å². The van der Waals surface area contributed by atoms with E-state index in [9.17, 15) is 9.59 Å². The van der Waals surface area contributed by atoms with Crippen LogP contribution in [0.25, 0.3) is 6.08 Å². The van der Waals surface area contributed by atoms with Crippen LogP contribution >= 0.6 is 27.3 Å². The number of ether oxygens (including phenoxy) is 3. The van der Waals surface area contributed by atoms with Crippen LogP contribution in [0.5, 0.6) is 11.5 Å². The molecule has 1 aliphatic rings. The largest absolute Gasteiger partial charge is 0.494 e. The van der Waals surface area contributed by atoms with Crippen molar-refractivity contribution in [2.45, 2.75) is 33.4 Å². The van der Waals surface area contributed by atoms with E-state index in [1.165, 1.54) is 11.3 Å². The van der Waals surface area contributed by atoms with Gasteiger partial charge in [0.15, 0.2) is 4.80 Å². The fraction of sp³-hybridized carbons (Fsp3) is 0.219. The average Bonchev–Trinajstić information content (AvgIpc) is 3.27. The number of aromatic nitrogens is 1. The molecule has 0 radical (unpaired) electrons. The fourth-order valence-corrected chi connectivity index (χ4v) is 6.25. The van der Waals surface area contributed by atoms with Gasteiger partial charge in [-0.05, 0) is 72.1 Å². The highest BCUT2D eigenvalue weighted by molar-refractivity contribution is 9.10. The van der Waals surface area contributed by atoms with Gasteiger partial charge >= 0.3 is 5.97 Å². The van der Waals surface area contributed by atoms with Crippen molar-refractivity contribution < 1.29 is 19.0 Å². The van der Waals surface area contributed by atoms with Crippen molar-refractivity contribution in [1.82, 2.24) is 4.57 Å². The molecule has 210 valence electrons. The molecule has 1 aliphatic heterocycles. The quantitative estimate of drug-likeness (QED) is 0.226. The lowest BCUT2D eigenvalue weighted by Gasteiger charge is -2.26. The number of carbonyl (C=O) groups excluding carboxylic acids is 1. The molecule has 0 saturated heterocycles. The van der Waals surface area contributed by atoms with Gasteiger partial charge in [-0.2, -0.15) is 0 Å². The van der Waals surface area contributed by atoms with E-state index in [1.54, 1.807) is 18.4 Å². The number of esters is 1. The SMILES string of the molecule is CCOC(=O)C1=C(C)N=c2s/c(=C\c3ccc(OCc4ccccc4)c(Br)c3)c(=O)n2[C@@H]1c1ccccc1OCC. The van der Waals surface area contributed by atoms with E-state index < -0.39 is 12.0 Å². The van der Waals surface area contributed by atoms with Crippen molar-refractivity contribution >= 4 is 39.3 Å². The van der Waals surface area contributed by atoms with Crippen LogP contribution in [0, 0.1) is 0 Å². The molecule has 7 nitrogen and oxygen atoms in total. The first-order valence-corrected chi connectivity index (χ1v) is 14.9. The summed E-state index contributed by atoms with van der Waals surface area (Å²) in [5.74, 6) is 0.796. The van der Waals surface area contributed by atoms with Gasteiger partial charge in [0, 0.05) is 5.56 Å². The van der Waals surface area contributed by atoms with Crippen LogP contribution in [0.4, 0.5) is 0 Å². The molecule has 0 saturated carbocycles.